The van der Waals surface area contributed by atoms with Crippen LogP contribution in [-0.4, -0.2) is 40.2 Å². The highest BCUT2D eigenvalue weighted by molar-refractivity contribution is 6.31. The van der Waals surface area contributed by atoms with Gasteiger partial charge in [0, 0.05) is 17.7 Å². The Morgan fingerprint density at radius 1 is 1.19 bits per heavy atom. The van der Waals surface area contributed by atoms with Gasteiger partial charge in [-0.2, -0.15) is 0 Å². The zero-order valence-electron chi connectivity index (χ0n) is 14.0. The van der Waals surface area contributed by atoms with Gasteiger partial charge < -0.3 is 15.4 Å². The highest BCUT2D eigenvalue weighted by atomic mass is 35.5. The molecule has 0 saturated carbocycles. The number of morpholine rings is 1. The van der Waals surface area contributed by atoms with Crippen LogP contribution in [0.25, 0.3) is 22.2 Å². The number of ether oxygens (including phenoxy) is 1. The van der Waals surface area contributed by atoms with E-state index in [2.05, 4.69) is 19.9 Å². The van der Waals surface area contributed by atoms with Crippen LogP contribution in [0.4, 0.5) is 20.4 Å². The zero-order chi connectivity index (χ0) is 18.7. The molecule has 2 atom stereocenters. The lowest BCUT2D eigenvalue weighted by molar-refractivity contribution is 0.0989. The number of nitrogens with two attached hydrogens (primary N) is 1. The fourth-order valence-electron chi connectivity index (χ4n) is 3.81. The third kappa shape index (κ3) is 2.51. The normalized spacial score (nSPS) is 21.4. The van der Waals surface area contributed by atoms with Crippen LogP contribution >= 0.6 is 11.6 Å². The minimum atomic E-state index is -0.849. The van der Waals surface area contributed by atoms with E-state index >= 15 is 0 Å². The van der Waals surface area contributed by atoms with Crippen LogP contribution in [0.1, 0.15) is 6.42 Å². The molecular weight excluding hydrogens is 376 g/mol. The molecule has 138 valence electrons. The molecule has 0 radical (unpaired) electrons. The van der Waals surface area contributed by atoms with Crippen molar-refractivity contribution in [3.05, 3.63) is 41.2 Å². The van der Waals surface area contributed by atoms with Crippen LogP contribution in [0, 0.1) is 11.6 Å². The Balaban J connectivity index is 1.76. The third-order valence-corrected chi connectivity index (χ3v) is 5.47. The fourth-order valence-corrected chi connectivity index (χ4v) is 3.98. The van der Waals surface area contributed by atoms with Gasteiger partial charge in [-0.05, 0) is 24.6 Å². The SMILES string of the molecule is Nc1ncnc2c(-c3ccc(F)c(Cl)c3F)cc(N3C[C@@H]4C[C@H]3CO4)nc12. The molecule has 5 rings (SSSR count). The summed E-state index contributed by atoms with van der Waals surface area (Å²) < 4.78 is 34.0. The lowest BCUT2D eigenvalue weighted by atomic mass is 10.0. The number of nitrogen functional groups attached to an aromatic ring is 1. The Hall–Kier alpha value is -2.58. The number of hydrogen-bond acceptors (Lipinski definition) is 6. The van der Waals surface area contributed by atoms with Crippen LogP contribution in [0.15, 0.2) is 24.5 Å². The molecule has 0 aliphatic carbocycles. The molecule has 0 amide bonds. The van der Waals surface area contributed by atoms with Crippen molar-refractivity contribution in [3.63, 3.8) is 0 Å². The van der Waals surface area contributed by atoms with Gasteiger partial charge in [0.15, 0.2) is 11.6 Å². The van der Waals surface area contributed by atoms with Crippen molar-refractivity contribution in [2.24, 2.45) is 0 Å². The van der Waals surface area contributed by atoms with Crippen molar-refractivity contribution < 1.29 is 13.5 Å². The van der Waals surface area contributed by atoms with E-state index in [9.17, 15) is 8.78 Å². The van der Waals surface area contributed by atoms with Gasteiger partial charge in [0.1, 0.15) is 34.0 Å². The molecule has 4 heterocycles. The molecule has 2 saturated heterocycles. The van der Waals surface area contributed by atoms with Crippen molar-refractivity contribution in [2.45, 2.75) is 18.6 Å². The molecular formula is C18H14ClF2N5O. The summed E-state index contributed by atoms with van der Waals surface area (Å²) in [7, 11) is 0. The number of halogens is 3. The quantitative estimate of drug-likeness (QED) is 0.678. The molecule has 0 spiro atoms. The number of pyridine rings is 1. The summed E-state index contributed by atoms with van der Waals surface area (Å²) in [5, 5.41) is -0.560. The van der Waals surface area contributed by atoms with E-state index in [1.165, 1.54) is 12.4 Å². The van der Waals surface area contributed by atoms with E-state index in [1.54, 1.807) is 6.07 Å². The number of nitrogens with zero attached hydrogens (tertiary/aromatic N) is 4. The van der Waals surface area contributed by atoms with Gasteiger partial charge >= 0.3 is 0 Å². The maximum atomic E-state index is 14.7. The number of rotatable bonds is 2. The van der Waals surface area contributed by atoms with Crippen LogP contribution in [0.5, 0.6) is 0 Å². The predicted octanol–water partition coefficient (Wildman–Crippen LogP) is 3.18. The lowest BCUT2D eigenvalue weighted by Gasteiger charge is -2.28. The molecule has 1 aromatic carbocycles. The van der Waals surface area contributed by atoms with Crippen LogP contribution in [0.2, 0.25) is 5.02 Å². The summed E-state index contributed by atoms with van der Waals surface area (Å²) in [6.45, 7) is 1.32. The highest BCUT2D eigenvalue weighted by Gasteiger charge is 2.40. The van der Waals surface area contributed by atoms with Crippen LogP contribution in [-0.2, 0) is 4.74 Å². The largest absolute Gasteiger partial charge is 0.382 e. The Morgan fingerprint density at radius 2 is 2.04 bits per heavy atom. The number of aromatic nitrogens is 3. The van der Waals surface area contributed by atoms with E-state index in [0.717, 1.165) is 12.5 Å². The van der Waals surface area contributed by atoms with Crippen molar-refractivity contribution >= 4 is 34.3 Å². The first-order valence-electron chi connectivity index (χ1n) is 8.46. The molecule has 2 N–H and O–H groups in total. The van der Waals surface area contributed by atoms with Crippen LogP contribution in [0.3, 0.4) is 0 Å². The molecule has 3 aromatic rings. The van der Waals surface area contributed by atoms with Crippen molar-refractivity contribution in [1.82, 2.24) is 15.0 Å². The second-order valence-corrected chi connectivity index (χ2v) is 7.08. The average Bonchev–Trinajstić information content (AvgIpc) is 3.30. The summed E-state index contributed by atoms with van der Waals surface area (Å²) in [5.74, 6) is -0.842. The van der Waals surface area contributed by atoms with Gasteiger partial charge in [0.05, 0.1) is 18.8 Å². The standard InChI is InChI=1S/C18H14ClF2N5O/c19-14-12(20)2-1-10(15(14)21)11-4-13(26-5-9-3-8(26)6-27-9)25-17-16(11)23-7-24-18(17)22/h1-2,4,7-9H,3,5-6H2,(H2,22,23,24)/t8-,9-/m0/s1. The molecule has 2 bridgehead atoms. The zero-order valence-corrected chi connectivity index (χ0v) is 14.7. The minimum Gasteiger partial charge on any atom is -0.382 e. The Kier molecular flexibility index (Phi) is 3.66. The monoisotopic (exact) mass is 389 g/mol. The highest BCUT2D eigenvalue weighted by Crippen LogP contribution is 2.38. The van der Waals surface area contributed by atoms with E-state index in [0.29, 0.717) is 35.6 Å². The minimum absolute atomic E-state index is 0.133. The molecule has 2 aliphatic rings. The number of fused-ring (bicyclic) bond motifs is 3. The van der Waals surface area contributed by atoms with Gasteiger partial charge in [-0.25, -0.2) is 23.7 Å². The van der Waals surface area contributed by atoms with E-state index in [1.807, 2.05) is 0 Å². The lowest BCUT2D eigenvalue weighted by Crippen LogP contribution is -2.37. The Labute approximate surface area is 157 Å². The second kappa shape index (κ2) is 5.97. The molecule has 9 heteroatoms. The van der Waals surface area contributed by atoms with E-state index in [-0.39, 0.29) is 23.5 Å². The molecule has 27 heavy (non-hydrogen) atoms. The molecule has 6 nitrogen and oxygen atoms in total. The number of hydrogen-bond donors (Lipinski definition) is 1. The summed E-state index contributed by atoms with van der Waals surface area (Å²) >= 11 is 5.78. The smallest absolute Gasteiger partial charge is 0.153 e. The topological polar surface area (TPSA) is 77.2 Å². The molecule has 2 aliphatic heterocycles. The fraction of sp³-hybridized carbons (Fsp3) is 0.278. The Bertz CT molecular complexity index is 1080. The maximum Gasteiger partial charge on any atom is 0.153 e. The molecule has 2 aromatic heterocycles. The maximum absolute atomic E-state index is 14.7. The van der Waals surface area contributed by atoms with Crippen molar-refractivity contribution in [2.75, 3.05) is 23.8 Å². The first-order valence-corrected chi connectivity index (χ1v) is 8.84. The average molecular weight is 390 g/mol. The summed E-state index contributed by atoms with van der Waals surface area (Å²) in [6.07, 6.45) is 2.38. The van der Waals surface area contributed by atoms with Crippen molar-refractivity contribution in [3.8, 4) is 11.1 Å². The van der Waals surface area contributed by atoms with Gasteiger partial charge in [-0.3, -0.25) is 0 Å². The Morgan fingerprint density at radius 3 is 2.78 bits per heavy atom. The number of anilines is 2. The third-order valence-electron chi connectivity index (χ3n) is 5.13. The van der Waals surface area contributed by atoms with Gasteiger partial charge in [-0.1, -0.05) is 11.6 Å². The summed E-state index contributed by atoms with van der Waals surface area (Å²) in [4.78, 5) is 15.0. The first kappa shape index (κ1) is 16.6. The molecule has 0 unspecified atom stereocenters. The van der Waals surface area contributed by atoms with E-state index < -0.39 is 16.7 Å². The second-order valence-electron chi connectivity index (χ2n) is 6.70. The van der Waals surface area contributed by atoms with E-state index in [4.69, 9.17) is 22.1 Å². The number of benzene rings is 1. The van der Waals surface area contributed by atoms with Gasteiger partial charge in [0.25, 0.3) is 0 Å². The first-order chi connectivity index (χ1) is 13.0. The van der Waals surface area contributed by atoms with Crippen molar-refractivity contribution in [1.29, 1.82) is 0 Å². The summed E-state index contributed by atoms with van der Waals surface area (Å²) in [6, 6.07) is 4.41. The van der Waals surface area contributed by atoms with Gasteiger partial charge in [-0.15, -0.1) is 0 Å². The molecule has 2 fully saturated rings. The van der Waals surface area contributed by atoms with Gasteiger partial charge in [0.2, 0.25) is 0 Å². The van der Waals surface area contributed by atoms with Crippen LogP contribution < -0.4 is 10.6 Å². The summed E-state index contributed by atoms with van der Waals surface area (Å²) in [5.41, 5.74) is 7.32. The predicted molar refractivity (Wildman–Crippen MR) is 97.6 cm³/mol.